The lowest BCUT2D eigenvalue weighted by Gasteiger charge is -2.16. The summed E-state index contributed by atoms with van der Waals surface area (Å²) in [6, 6.07) is 3.01. The van der Waals surface area contributed by atoms with Crippen molar-refractivity contribution in [1.29, 1.82) is 0 Å². The number of nitrogens with one attached hydrogen (secondary N) is 1. The van der Waals surface area contributed by atoms with Crippen molar-refractivity contribution >= 4 is 5.91 Å². The van der Waals surface area contributed by atoms with Crippen molar-refractivity contribution in [3.05, 3.63) is 34.2 Å². The van der Waals surface area contributed by atoms with E-state index in [0.717, 1.165) is 6.54 Å². The van der Waals surface area contributed by atoms with E-state index in [-0.39, 0.29) is 11.5 Å². The molecular weight excluding hydrogens is 206 g/mol. The molecule has 0 saturated heterocycles. The van der Waals surface area contributed by atoms with Crippen molar-refractivity contribution in [2.24, 2.45) is 7.05 Å². The number of nitrogens with zero attached hydrogens (tertiary/aromatic N) is 2. The summed E-state index contributed by atoms with van der Waals surface area (Å²) in [4.78, 5) is 24.8. The van der Waals surface area contributed by atoms with Gasteiger partial charge in [-0.2, -0.15) is 0 Å². The Morgan fingerprint density at radius 2 is 2.25 bits per heavy atom. The third-order valence-electron chi connectivity index (χ3n) is 2.40. The van der Waals surface area contributed by atoms with E-state index in [1.807, 2.05) is 7.05 Å². The Bertz CT molecular complexity index is 425. The molecule has 0 aliphatic carbocycles. The molecule has 0 radical (unpaired) electrons. The highest BCUT2D eigenvalue weighted by Crippen LogP contribution is 1.99. The molecule has 0 aromatic carbocycles. The number of amides is 1. The van der Waals surface area contributed by atoms with E-state index in [2.05, 4.69) is 5.32 Å². The van der Waals surface area contributed by atoms with Gasteiger partial charge in [0.05, 0.1) is 0 Å². The SMILES string of the molecule is CNCCN(C)C(=O)c1ccn(C)c(=O)c1. The third-order valence-corrected chi connectivity index (χ3v) is 2.40. The van der Waals surface area contributed by atoms with Gasteiger partial charge in [-0.1, -0.05) is 0 Å². The van der Waals surface area contributed by atoms with E-state index in [0.29, 0.717) is 12.1 Å². The van der Waals surface area contributed by atoms with Gasteiger partial charge in [-0.3, -0.25) is 9.59 Å². The largest absolute Gasteiger partial charge is 0.340 e. The molecule has 0 saturated carbocycles. The van der Waals surface area contributed by atoms with Crippen molar-refractivity contribution in [2.75, 3.05) is 27.2 Å². The number of carbonyl (C=O) groups excluding carboxylic acids is 1. The second kappa shape index (κ2) is 5.46. The zero-order valence-electron chi connectivity index (χ0n) is 9.86. The first-order valence-electron chi connectivity index (χ1n) is 5.13. The molecule has 0 fully saturated rings. The fourth-order valence-corrected chi connectivity index (χ4v) is 1.28. The number of aryl methyl sites for hydroxylation is 1. The summed E-state index contributed by atoms with van der Waals surface area (Å²) in [6.45, 7) is 1.34. The van der Waals surface area contributed by atoms with Crippen LogP contribution in [0.25, 0.3) is 0 Å². The molecule has 1 aromatic heterocycles. The van der Waals surface area contributed by atoms with Gasteiger partial charge < -0.3 is 14.8 Å². The van der Waals surface area contributed by atoms with Crippen LogP contribution in [0.3, 0.4) is 0 Å². The van der Waals surface area contributed by atoms with Crippen LogP contribution in [-0.2, 0) is 7.05 Å². The van der Waals surface area contributed by atoms with Crippen LogP contribution in [0.15, 0.2) is 23.1 Å². The van der Waals surface area contributed by atoms with Crippen LogP contribution < -0.4 is 10.9 Å². The zero-order valence-corrected chi connectivity index (χ0v) is 9.86. The summed E-state index contributed by atoms with van der Waals surface area (Å²) in [5, 5.41) is 2.97. The molecule has 0 bridgehead atoms. The lowest BCUT2D eigenvalue weighted by Crippen LogP contribution is -2.33. The number of rotatable bonds is 4. The van der Waals surface area contributed by atoms with Crippen LogP contribution >= 0.6 is 0 Å². The Labute approximate surface area is 94.7 Å². The maximum atomic E-state index is 11.9. The Kier molecular flexibility index (Phi) is 4.25. The van der Waals surface area contributed by atoms with Crippen LogP contribution in [0.5, 0.6) is 0 Å². The molecule has 16 heavy (non-hydrogen) atoms. The van der Waals surface area contributed by atoms with E-state index in [4.69, 9.17) is 0 Å². The summed E-state index contributed by atoms with van der Waals surface area (Å²) in [5.74, 6) is -0.132. The molecule has 1 heterocycles. The van der Waals surface area contributed by atoms with Crippen LogP contribution in [0.2, 0.25) is 0 Å². The maximum Gasteiger partial charge on any atom is 0.253 e. The fraction of sp³-hybridized carbons (Fsp3) is 0.455. The predicted molar refractivity (Wildman–Crippen MR) is 62.6 cm³/mol. The molecular formula is C11H17N3O2. The van der Waals surface area contributed by atoms with E-state index < -0.39 is 0 Å². The van der Waals surface area contributed by atoms with E-state index in [1.165, 1.54) is 10.6 Å². The first-order chi connectivity index (χ1) is 7.56. The molecule has 88 valence electrons. The van der Waals surface area contributed by atoms with Crippen molar-refractivity contribution in [2.45, 2.75) is 0 Å². The van der Waals surface area contributed by atoms with Crippen LogP contribution in [0.4, 0.5) is 0 Å². The highest BCUT2D eigenvalue weighted by molar-refractivity contribution is 5.93. The Balaban J connectivity index is 2.80. The second-order valence-corrected chi connectivity index (χ2v) is 3.69. The summed E-state index contributed by atoms with van der Waals surface area (Å²) < 4.78 is 1.43. The predicted octanol–water partition coefficient (Wildman–Crippen LogP) is -0.323. The van der Waals surface area contributed by atoms with E-state index in [9.17, 15) is 9.59 Å². The van der Waals surface area contributed by atoms with Crippen LogP contribution in [0.1, 0.15) is 10.4 Å². The van der Waals surface area contributed by atoms with Gasteiger partial charge in [0.15, 0.2) is 0 Å². The van der Waals surface area contributed by atoms with E-state index >= 15 is 0 Å². The van der Waals surface area contributed by atoms with Gasteiger partial charge in [-0.15, -0.1) is 0 Å². The molecule has 0 atom stereocenters. The first kappa shape index (κ1) is 12.4. The highest BCUT2D eigenvalue weighted by atomic mass is 16.2. The molecule has 1 rings (SSSR count). The van der Waals surface area contributed by atoms with Crippen LogP contribution in [-0.4, -0.2) is 42.6 Å². The molecule has 0 spiro atoms. The lowest BCUT2D eigenvalue weighted by molar-refractivity contribution is 0.0796. The minimum Gasteiger partial charge on any atom is -0.340 e. The average molecular weight is 223 g/mol. The quantitative estimate of drug-likeness (QED) is 0.761. The maximum absolute atomic E-state index is 11.9. The standard InChI is InChI=1S/C11H17N3O2/c1-12-5-7-14(3)11(16)9-4-6-13(2)10(15)8-9/h4,6,8,12H,5,7H2,1-3H3. The number of hydrogen-bond acceptors (Lipinski definition) is 3. The molecule has 0 aliphatic heterocycles. The van der Waals surface area contributed by atoms with Gasteiger partial charge in [0, 0.05) is 45.0 Å². The molecule has 0 aliphatic rings. The smallest absolute Gasteiger partial charge is 0.253 e. The summed E-state index contributed by atoms with van der Waals surface area (Å²) in [5.41, 5.74) is 0.259. The zero-order chi connectivity index (χ0) is 12.1. The molecule has 5 heteroatoms. The summed E-state index contributed by atoms with van der Waals surface area (Å²) in [6.07, 6.45) is 1.60. The third kappa shape index (κ3) is 2.93. The number of likely N-dealkylation sites (N-methyl/N-ethyl adjacent to an activating group) is 2. The number of aromatic nitrogens is 1. The van der Waals surface area contributed by atoms with Crippen molar-refractivity contribution in [3.8, 4) is 0 Å². The van der Waals surface area contributed by atoms with Crippen molar-refractivity contribution in [3.63, 3.8) is 0 Å². The summed E-state index contributed by atoms with van der Waals surface area (Å²) >= 11 is 0. The van der Waals surface area contributed by atoms with Crippen molar-refractivity contribution < 1.29 is 4.79 Å². The molecule has 1 N–H and O–H groups in total. The van der Waals surface area contributed by atoms with Gasteiger partial charge in [-0.05, 0) is 13.1 Å². The Morgan fingerprint density at radius 1 is 1.56 bits per heavy atom. The van der Waals surface area contributed by atoms with Crippen LogP contribution in [0, 0.1) is 0 Å². The molecule has 1 amide bonds. The highest BCUT2D eigenvalue weighted by Gasteiger charge is 2.11. The molecule has 1 aromatic rings. The minimum atomic E-state index is -0.173. The molecule has 0 unspecified atom stereocenters. The van der Waals surface area contributed by atoms with Gasteiger partial charge in [0.2, 0.25) is 0 Å². The van der Waals surface area contributed by atoms with Gasteiger partial charge >= 0.3 is 0 Å². The number of hydrogen-bond donors (Lipinski definition) is 1. The summed E-state index contributed by atoms with van der Waals surface area (Å²) in [7, 11) is 5.20. The normalized spacial score (nSPS) is 10.2. The Hall–Kier alpha value is -1.62. The number of pyridine rings is 1. The van der Waals surface area contributed by atoms with Gasteiger partial charge in [0.25, 0.3) is 11.5 Å². The Morgan fingerprint density at radius 3 is 2.81 bits per heavy atom. The van der Waals surface area contributed by atoms with Crippen molar-refractivity contribution in [1.82, 2.24) is 14.8 Å². The first-order valence-corrected chi connectivity index (χ1v) is 5.13. The lowest BCUT2D eigenvalue weighted by atomic mass is 10.2. The topological polar surface area (TPSA) is 54.3 Å². The fourth-order valence-electron chi connectivity index (χ4n) is 1.28. The van der Waals surface area contributed by atoms with E-state index in [1.54, 1.807) is 31.3 Å². The average Bonchev–Trinajstić information content (AvgIpc) is 2.28. The second-order valence-electron chi connectivity index (χ2n) is 3.69. The minimum absolute atomic E-state index is 0.132. The molecule has 5 nitrogen and oxygen atoms in total. The number of carbonyl (C=O) groups is 1. The monoisotopic (exact) mass is 223 g/mol. The van der Waals surface area contributed by atoms with Gasteiger partial charge in [-0.25, -0.2) is 0 Å². The van der Waals surface area contributed by atoms with Gasteiger partial charge in [0.1, 0.15) is 0 Å².